The van der Waals surface area contributed by atoms with E-state index in [-0.39, 0.29) is 12.5 Å². The number of nitrogens with zero attached hydrogens (tertiary/aromatic N) is 1. The van der Waals surface area contributed by atoms with Gasteiger partial charge in [0.25, 0.3) is 0 Å². The van der Waals surface area contributed by atoms with Gasteiger partial charge in [-0.15, -0.1) is 0 Å². The van der Waals surface area contributed by atoms with Crippen molar-refractivity contribution in [2.45, 2.75) is 13.3 Å². The first kappa shape index (κ1) is 11.7. The van der Waals surface area contributed by atoms with Crippen LogP contribution in [0.4, 0.5) is 0 Å². The third-order valence-corrected chi connectivity index (χ3v) is 1.87. The minimum Gasteiger partial charge on any atom is -0.372 e. The van der Waals surface area contributed by atoms with Gasteiger partial charge >= 0.3 is 0 Å². The summed E-state index contributed by atoms with van der Waals surface area (Å²) >= 11 is 0. The number of hydrogen-bond donors (Lipinski definition) is 1. The van der Waals surface area contributed by atoms with Crippen LogP contribution in [-0.2, 0) is 16.0 Å². The number of rotatable bonds is 6. The van der Waals surface area contributed by atoms with Gasteiger partial charge in [0.05, 0.1) is 0 Å². The van der Waals surface area contributed by atoms with Crippen molar-refractivity contribution in [3.05, 3.63) is 30.1 Å². The lowest BCUT2D eigenvalue weighted by Crippen LogP contribution is -2.29. The third-order valence-electron chi connectivity index (χ3n) is 1.87. The van der Waals surface area contributed by atoms with E-state index in [1.807, 2.05) is 25.1 Å². The topological polar surface area (TPSA) is 51.2 Å². The van der Waals surface area contributed by atoms with Crippen LogP contribution in [0.15, 0.2) is 24.4 Å². The van der Waals surface area contributed by atoms with Gasteiger partial charge in [0, 0.05) is 31.5 Å². The second-order valence-electron chi connectivity index (χ2n) is 3.06. The first-order valence-electron chi connectivity index (χ1n) is 5.07. The molecule has 15 heavy (non-hydrogen) atoms. The lowest BCUT2D eigenvalue weighted by atomic mass is 10.3. The summed E-state index contributed by atoms with van der Waals surface area (Å²) in [5.74, 6) is -0.0761. The number of pyridine rings is 1. The van der Waals surface area contributed by atoms with Gasteiger partial charge < -0.3 is 10.1 Å². The SMILES string of the molecule is CCOCC(=O)NCCc1ccccn1. The normalized spacial score (nSPS) is 9.93. The zero-order chi connectivity index (χ0) is 10.9. The van der Waals surface area contributed by atoms with Crippen LogP contribution in [0.1, 0.15) is 12.6 Å². The molecule has 0 atom stereocenters. The van der Waals surface area contributed by atoms with Gasteiger partial charge in [-0.3, -0.25) is 9.78 Å². The molecule has 0 aliphatic carbocycles. The van der Waals surface area contributed by atoms with E-state index in [0.29, 0.717) is 13.2 Å². The average molecular weight is 208 g/mol. The summed E-state index contributed by atoms with van der Waals surface area (Å²) in [5, 5.41) is 2.76. The quantitative estimate of drug-likeness (QED) is 0.751. The molecule has 1 heterocycles. The number of hydrogen-bond acceptors (Lipinski definition) is 3. The van der Waals surface area contributed by atoms with Crippen LogP contribution in [0, 0.1) is 0 Å². The highest BCUT2D eigenvalue weighted by Crippen LogP contribution is 1.92. The second-order valence-corrected chi connectivity index (χ2v) is 3.06. The fourth-order valence-corrected chi connectivity index (χ4v) is 1.12. The van der Waals surface area contributed by atoms with Crippen molar-refractivity contribution in [2.75, 3.05) is 19.8 Å². The van der Waals surface area contributed by atoms with E-state index in [9.17, 15) is 4.79 Å². The fraction of sp³-hybridized carbons (Fsp3) is 0.455. The van der Waals surface area contributed by atoms with Gasteiger partial charge in [0.1, 0.15) is 6.61 Å². The molecule has 0 bridgehead atoms. The number of ether oxygens (including phenoxy) is 1. The summed E-state index contributed by atoms with van der Waals surface area (Å²) in [6.45, 7) is 3.16. The van der Waals surface area contributed by atoms with Crippen LogP contribution in [0.25, 0.3) is 0 Å². The van der Waals surface area contributed by atoms with Gasteiger partial charge in [-0.2, -0.15) is 0 Å². The Morgan fingerprint density at radius 2 is 2.40 bits per heavy atom. The standard InChI is InChI=1S/C11H16N2O2/c1-2-15-9-11(14)13-8-6-10-5-3-4-7-12-10/h3-5,7H,2,6,8-9H2,1H3,(H,13,14). The molecule has 0 saturated carbocycles. The average Bonchev–Trinajstić information content (AvgIpc) is 2.28. The Balaban J connectivity index is 2.14. The van der Waals surface area contributed by atoms with Crippen molar-refractivity contribution in [3.63, 3.8) is 0 Å². The summed E-state index contributed by atoms with van der Waals surface area (Å²) in [7, 11) is 0. The molecule has 1 rings (SSSR count). The van der Waals surface area contributed by atoms with E-state index in [4.69, 9.17) is 4.74 Å². The molecule has 0 aromatic carbocycles. The van der Waals surface area contributed by atoms with Crippen LogP contribution in [0.3, 0.4) is 0 Å². The van der Waals surface area contributed by atoms with E-state index in [1.165, 1.54) is 0 Å². The summed E-state index contributed by atoms with van der Waals surface area (Å²) in [6, 6.07) is 5.75. The highest BCUT2D eigenvalue weighted by molar-refractivity contribution is 5.77. The van der Waals surface area contributed by atoms with E-state index < -0.39 is 0 Å². The number of carbonyl (C=O) groups is 1. The largest absolute Gasteiger partial charge is 0.372 e. The lowest BCUT2D eigenvalue weighted by Gasteiger charge is -2.04. The number of carbonyl (C=O) groups excluding carboxylic acids is 1. The number of amides is 1. The second kappa shape index (κ2) is 6.95. The predicted octanol–water partition coefficient (Wildman–Crippen LogP) is 0.777. The maximum absolute atomic E-state index is 11.1. The number of nitrogens with one attached hydrogen (secondary N) is 1. The monoisotopic (exact) mass is 208 g/mol. The molecule has 0 saturated heterocycles. The Morgan fingerprint density at radius 1 is 1.53 bits per heavy atom. The molecule has 1 aromatic heterocycles. The molecule has 0 radical (unpaired) electrons. The Labute approximate surface area is 89.7 Å². The summed E-state index contributed by atoms with van der Waals surface area (Å²) in [6.07, 6.45) is 2.50. The maximum atomic E-state index is 11.1. The van der Waals surface area contributed by atoms with E-state index in [0.717, 1.165) is 12.1 Å². The first-order chi connectivity index (χ1) is 7.33. The molecule has 1 amide bonds. The molecule has 4 heteroatoms. The van der Waals surface area contributed by atoms with Crippen molar-refractivity contribution in [1.82, 2.24) is 10.3 Å². The Hall–Kier alpha value is -1.42. The highest BCUT2D eigenvalue weighted by atomic mass is 16.5. The van der Waals surface area contributed by atoms with Crippen LogP contribution in [-0.4, -0.2) is 30.6 Å². The Bertz CT molecular complexity index is 288. The van der Waals surface area contributed by atoms with Gasteiger partial charge in [-0.1, -0.05) is 6.07 Å². The summed E-state index contributed by atoms with van der Waals surface area (Å²) in [4.78, 5) is 15.3. The van der Waals surface area contributed by atoms with Gasteiger partial charge in [-0.25, -0.2) is 0 Å². The van der Waals surface area contributed by atoms with Crippen molar-refractivity contribution >= 4 is 5.91 Å². The molecule has 1 N–H and O–H groups in total. The number of aromatic nitrogens is 1. The van der Waals surface area contributed by atoms with Crippen LogP contribution in [0.2, 0.25) is 0 Å². The minimum absolute atomic E-state index is 0.0761. The zero-order valence-electron chi connectivity index (χ0n) is 8.90. The maximum Gasteiger partial charge on any atom is 0.246 e. The molecule has 4 nitrogen and oxygen atoms in total. The summed E-state index contributed by atoms with van der Waals surface area (Å²) in [5.41, 5.74) is 0.981. The molecule has 0 spiro atoms. The lowest BCUT2D eigenvalue weighted by molar-refractivity contribution is -0.125. The molecule has 82 valence electrons. The Morgan fingerprint density at radius 3 is 3.07 bits per heavy atom. The van der Waals surface area contributed by atoms with Crippen molar-refractivity contribution in [2.24, 2.45) is 0 Å². The van der Waals surface area contributed by atoms with E-state index >= 15 is 0 Å². The predicted molar refractivity (Wildman–Crippen MR) is 57.4 cm³/mol. The van der Waals surface area contributed by atoms with Gasteiger partial charge in [0.15, 0.2) is 0 Å². The molecule has 1 aromatic rings. The molecule has 0 unspecified atom stereocenters. The van der Waals surface area contributed by atoms with Crippen LogP contribution >= 0.6 is 0 Å². The molecule has 0 aliphatic heterocycles. The smallest absolute Gasteiger partial charge is 0.246 e. The van der Waals surface area contributed by atoms with Crippen molar-refractivity contribution < 1.29 is 9.53 Å². The molecule has 0 fully saturated rings. The first-order valence-corrected chi connectivity index (χ1v) is 5.07. The van der Waals surface area contributed by atoms with Gasteiger partial charge in [-0.05, 0) is 19.1 Å². The van der Waals surface area contributed by atoms with Crippen LogP contribution in [0.5, 0.6) is 0 Å². The minimum atomic E-state index is -0.0761. The van der Waals surface area contributed by atoms with Crippen LogP contribution < -0.4 is 5.32 Å². The van der Waals surface area contributed by atoms with Gasteiger partial charge in [0.2, 0.25) is 5.91 Å². The Kier molecular flexibility index (Phi) is 5.40. The summed E-state index contributed by atoms with van der Waals surface area (Å²) < 4.78 is 4.97. The molecular formula is C11H16N2O2. The zero-order valence-corrected chi connectivity index (χ0v) is 8.90. The molecular weight excluding hydrogens is 192 g/mol. The third kappa shape index (κ3) is 5.12. The van der Waals surface area contributed by atoms with Crippen molar-refractivity contribution in [3.8, 4) is 0 Å². The van der Waals surface area contributed by atoms with E-state index in [2.05, 4.69) is 10.3 Å². The van der Waals surface area contributed by atoms with E-state index in [1.54, 1.807) is 6.20 Å². The fourth-order valence-electron chi connectivity index (χ4n) is 1.12. The highest BCUT2D eigenvalue weighted by Gasteiger charge is 1.99. The molecule has 0 aliphatic rings. The van der Waals surface area contributed by atoms with Crippen molar-refractivity contribution in [1.29, 1.82) is 0 Å².